The number of rotatable bonds is 10. The molecule has 0 spiro atoms. The summed E-state index contributed by atoms with van der Waals surface area (Å²) in [4.78, 5) is 0. The molecule has 0 radical (unpaired) electrons. The summed E-state index contributed by atoms with van der Waals surface area (Å²) in [5.41, 5.74) is 0. The fourth-order valence-corrected chi connectivity index (χ4v) is 2.25. The lowest BCUT2D eigenvalue weighted by molar-refractivity contribution is 0.0969. The molecular formula is C18H24O3. The first-order valence-corrected chi connectivity index (χ1v) is 7.70. The van der Waals surface area contributed by atoms with Crippen molar-refractivity contribution in [1.82, 2.24) is 0 Å². The van der Waals surface area contributed by atoms with Crippen LogP contribution in [0.25, 0.3) is 10.8 Å². The summed E-state index contributed by atoms with van der Waals surface area (Å²) in [5.74, 6) is 0.889. The minimum atomic E-state index is 0.292. The molecule has 0 unspecified atom stereocenters. The lowest BCUT2D eigenvalue weighted by atomic mass is 10.1. The van der Waals surface area contributed by atoms with Crippen molar-refractivity contribution in [2.24, 2.45) is 0 Å². The molecule has 0 heterocycles. The lowest BCUT2D eigenvalue weighted by Gasteiger charge is -2.08. The second-order valence-corrected chi connectivity index (χ2v) is 5.11. The van der Waals surface area contributed by atoms with Crippen molar-refractivity contribution >= 4 is 10.8 Å². The van der Waals surface area contributed by atoms with Gasteiger partial charge in [0.25, 0.3) is 0 Å². The van der Waals surface area contributed by atoms with E-state index in [4.69, 9.17) is 14.6 Å². The van der Waals surface area contributed by atoms with Crippen molar-refractivity contribution in [2.45, 2.75) is 25.7 Å². The zero-order chi connectivity index (χ0) is 14.8. The van der Waals surface area contributed by atoms with Crippen LogP contribution in [-0.4, -0.2) is 31.5 Å². The summed E-state index contributed by atoms with van der Waals surface area (Å²) in [6.07, 6.45) is 4.14. The number of unbranched alkanes of at least 4 members (excludes halogenated alkanes) is 3. The quantitative estimate of drug-likeness (QED) is 0.676. The van der Waals surface area contributed by atoms with Gasteiger partial charge >= 0.3 is 0 Å². The van der Waals surface area contributed by atoms with E-state index in [1.54, 1.807) is 0 Å². The standard InChI is InChI=1S/C18H24O3/c19-11-5-1-2-6-12-20-13-14-21-18-10-9-16-7-3-4-8-17(16)15-18/h3-4,7-10,15,19H,1-2,5-6,11-14H2. The summed E-state index contributed by atoms with van der Waals surface area (Å²) in [6, 6.07) is 14.4. The van der Waals surface area contributed by atoms with Crippen LogP contribution in [0.4, 0.5) is 0 Å². The van der Waals surface area contributed by atoms with Crippen LogP contribution in [0.1, 0.15) is 25.7 Å². The summed E-state index contributed by atoms with van der Waals surface area (Å²) in [6.45, 7) is 2.26. The monoisotopic (exact) mass is 288 g/mol. The molecule has 0 saturated carbocycles. The van der Waals surface area contributed by atoms with Crippen LogP contribution in [0, 0.1) is 0 Å². The minimum absolute atomic E-state index is 0.292. The molecule has 2 aromatic rings. The molecule has 0 amide bonds. The first kappa shape index (κ1) is 15.8. The summed E-state index contributed by atoms with van der Waals surface area (Å²) in [7, 11) is 0. The Kier molecular flexibility index (Phi) is 7.05. The SMILES string of the molecule is OCCCCCCOCCOc1ccc2ccccc2c1. The third-order valence-corrected chi connectivity index (χ3v) is 3.41. The lowest BCUT2D eigenvalue weighted by Crippen LogP contribution is -2.07. The maximum absolute atomic E-state index is 8.67. The van der Waals surface area contributed by atoms with Crippen LogP contribution >= 0.6 is 0 Å². The van der Waals surface area contributed by atoms with Crippen LogP contribution in [0.2, 0.25) is 0 Å². The van der Waals surface area contributed by atoms with E-state index in [0.29, 0.717) is 19.8 Å². The summed E-state index contributed by atoms with van der Waals surface area (Å²) in [5, 5.41) is 11.1. The van der Waals surface area contributed by atoms with Crippen molar-refractivity contribution in [1.29, 1.82) is 0 Å². The zero-order valence-electron chi connectivity index (χ0n) is 12.5. The van der Waals surface area contributed by atoms with E-state index < -0.39 is 0 Å². The highest BCUT2D eigenvalue weighted by Crippen LogP contribution is 2.20. The average molecular weight is 288 g/mol. The normalized spacial score (nSPS) is 10.9. The molecule has 2 aromatic carbocycles. The van der Waals surface area contributed by atoms with Crippen LogP contribution in [0.3, 0.4) is 0 Å². The molecule has 0 aliphatic heterocycles. The number of hydrogen-bond acceptors (Lipinski definition) is 3. The number of hydrogen-bond donors (Lipinski definition) is 1. The predicted octanol–water partition coefficient (Wildman–Crippen LogP) is 3.79. The van der Waals surface area contributed by atoms with E-state index >= 15 is 0 Å². The van der Waals surface area contributed by atoms with E-state index in [1.165, 1.54) is 10.8 Å². The van der Waals surface area contributed by atoms with Gasteiger partial charge in [0.1, 0.15) is 12.4 Å². The fourth-order valence-electron chi connectivity index (χ4n) is 2.25. The van der Waals surface area contributed by atoms with Crippen LogP contribution in [0.5, 0.6) is 5.75 Å². The average Bonchev–Trinajstić information content (AvgIpc) is 2.53. The molecule has 2 rings (SSSR count). The van der Waals surface area contributed by atoms with E-state index in [9.17, 15) is 0 Å². The molecule has 3 nitrogen and oxygen atoms in total. The van der Waals surface area contributed by atoms with Crippen molar-refractivity contribution in [3.8, 4) is 5.75 Å². The van der Waals surface area contributed by atoms with Crippen molar-refractivity contribution < 1.29 is 14.6 Å². The Labute approximate surface area is 126 Å². The number of benzene rings is 2. The maximum Gasteiger partial charge on any atom is 0.120 e. The number of aliphatic hydroxyl groups excluding tert-OH is 1. The Morgan fingerprint density at radius 2 is 1.57 bits per heavy atom. The van der Waals surface area contributed by atoms with Crippen LogP contribution in [-0.2, 0) is 4.74 Å². The Morgan fingerprint density at radius 3 is 2.43 bits per heavy atom. The van der Waals surface area contributed by atoms with E-state index in [2.05, 4.69) is 24.3 Å². The highest BCUT2D eigenvalue weighted by atomic mass is 16.5. The second-order valence-electron chi connectivity index (χ2n) is 5.11. The molecule has 21 heavy (non-hydrogen) atoms. The Morgan fingerprint density at radius 1 is 0.762 bits per heavy atom. The molecule has 0 aromatic heterocycles. The van der Waals surface area contributed by atoms with Gasteiger partial charge in [0, 0.05) is 13.2 Å². The van der Waals surface area contributed by atoms with Gasteiger partial charge in [-0.25, -0.2) is 0 Å². The van der Waals surface area contributed by atoms with Crippen LogP contribution in [0.15, 0.2) is 42.5 Å². The Hall–Kier alpha value is -1.58. The molecular weight excluding hydrogens is 264 g/mol. The highest BCUT2D eigenvalue weighted by molar-refractivity contribution is 5.83. The molecule has 114 valence electrons. The fraction of sp³-hybridized carbons (Fsp3) is 0.444. The van der Waals surface area contributed by atoms with Gasteiger partial charge < -0.3 is 14.6 Å². The highest BCUT2D eigenvalue weighted by Gasteiger charge is 1.97. The molecule has 0 fully saturated rings. The Balaban J connectivity index is 1.59. The Bertz CT molecular complexity index is 525. The summed E-state index contributed by atoms with van der Waals surface area (Å²) >= 11 is 0. The van der Waals surface area contributed by atoms with Crippen molar-refractivity contribution in [3.05, 3.63) is 42.5 Å². The van der Waals surface area contributed by atoms with Crippen LogP contribution < -0.4 is 4.74 Å². The van der Waals surface area contributed by atoms with Gasteiger partial charge in [-0.05, 0) is 35.7 Å². The number of aliphatic hydroxyl groups is 1. The molecule has 3 heteroatoms. The van der Waals surface area contributed by atoms with E-state index in [1.807, 2.05) is 18.2 Å². The van der Waals surface area contributed by atoms with Gasteiger partial charge in [-0.1, -0.05) is 43.2 Å². The van der Waals surface area contributed by atoms with Gasteiger partial charge in [0.05, 0.1) is 6.61 Å². The van der Waals surface area contributed by atoms with E-state index in [-0.39, 0.29) is 0 Å². The third kappa shape index (κ3) is 5.74. The molecule has 0 atom stereocenters. The topological polar surface area (TPSA) is 38.7 Å². The van der Waals surface area contributed by atoms with Crippen molar-refractivity contribution in [3.63, 3.8) is 0 Å². The van der Waals surface area contributed by atoms with Crippen molar-refractivity contribution in [2.75, 3.05) is 26.4 Å². The third-order valence-electron chi connectivity index (χ3n) is 3.41. The molecule has 0 aliphatic carbocycles. The molecule has 0 aliphatic rings. The first-order valence-electron chi connectivity index (χ1n) is 7.70. The van der Waals surface area contributed by atoms with Gasteiger partial charge in [-0.2, -0.15) is 0 Å². The minimum Gasteiger partial charge on any atom is -0.491 e. The second kappa shape index (κ2) is 9.37. The maximum atomic E-state index is 8.67. The largest absolute Gasteiger partial charge is 0.491 e. The molecule has 0 saturated heterocycles. The first-order chi connectivity index (χ1) is 10.4. The van der Waals surface area contributed by atoms with E-state index in [0.717, 1.165) is 38.0 Å². The zero-order valence-corrected chi connectivity index (χ0v) is 12.5. The summed E-state index contributed by atoms with van der Waals surface area (Å²) < 4.78 is 11.2. The van der Waals surface area contributed by atoms with Gasteiger partial charge in [0.2, 0.25) is 0 Å². The molecule has 1 N–H and O–H groups in total. The predicted molar refractivity (Wildman–Crippen MR) is 85.8 cm³/mol. The number of fused-ring (bicyclic) bond motifs is 1. The number of ether oxygens (including phenoxy) is 2. The van der Waals surface area contributed by atoms with Gasteiger partial charge in [0.15, 0.2) is 0 Å². The molecule has 0 bridgehead atoms. The smallest absolute Gasteiger partial charge is 0.120 e. The van der Waals surface area contributed by atoms with Gasteiger partial charge in [-0.3, -0.25) is 0 Å². The van der Waals surface area contributed by atoms with Gasteiger partial charge in [-0.15, -0.1) is 0 Å².